The van der Waals surface area contributed by atoms with Crippen molar-refractivity contribution in [3.63, 3.8) is 0 Å². The van der Waals surface area contributed by atoms with Gasteiger partial charge in [0.05, 0.1) is 16.8 Å². The van der Waals surface area contributed by atoms with Crippen LogP contribution in [0.2, 0.25) is 0 Å². The Morgan fingerprint density at radius 3 is 2.42 bits per heavy atom. The Labute approximate surface area is 219 Å². The van der Waals surface area contributed by atoms with Crippen LogP contribution in [0.25, 0.3) is 11.3 Å². The van der Waals surface area contributed by atoms with Gasteiger partial charge in [-0.25, -0.2) is 9.69 Å². The fourth-order valence-electron chi connectivity index (χ4n) is 4.16. The second-order valence-corrected chi connectivity index (χ2v) is 9.71. The van der Waals surface area contributed by atoms with Crippen molar-refractivity contribution < 1.29 is 19.0 Å². The van der Waals surface area contributed by atoms with Crippen LogP contribution in [0, 0.1) is 0 Å². The van der Waals surface area contributed by atoms with E-state index in [0.717, 1.165) is 4.47 Å². The van der Waals surface area contributed by atoms with Crippen molar-refractivity contribution in [1.82, 2.24) is 10.1 Å². The summed E-state index contributed by atoms with van der Waals surface area (Å²) in [7, 11) is 0. The maximum atomic E-state index is 13.1. The van der Waals surface area contributed by atoms with Crippen LogP contribution in [0.4, 0.5) is 5.69 Å². The Morgan fingerprint density at radius 2 is 1.75 bits per heavy atom. The van der Waals surface area contributed by atoms with Gasteiger partial charge in [-0.1, -0.05) is 39.8 Å². The summed E-state index contributed by atoms with van der Waals surface area (Å²) in [6, 6.07) is 21.0. The molecule has 1 amide bonds. The quantitative estimate of drug-likeness (QED) is 0.172. The average Bonchev–Trinajstić information content (AvgIpc) is 2.88. The number of hydrogen-bond acceptors (Lipinski definition) is 6. The Bertz CT molecular complexity index is 1540. The summed E-state index contributed by atoms with van der Waals surface area (Å²) in [5.41, 5.74) is 2.41. The highest BCUT2D eigenvalue weighted by atomic mass is 79.9. The highest BCUT2D eigenvalue weighted by Crippen LogP contribution is 2.37. The van der Waals surface area contributed by atoms with E-state index in [2.05, 4.69) is 26.0 Å². The summed E-state index contributed by atoms with van der Waals surface area (Å²) in [5, 5.41) is 5.07. The molecule has 0 fully saturated rings. The minimum Gasteiger partial charge on any atom is -0.423 e. The van der Waals surface area contributed by atoms with Crippen molar-refractivity contribution in [2.24, 2.45) is 0 Å². The van der Waals surface area contributed by atoms with Crippen molar-refractivity contribution in [3.8, 4) is 17.0 Å². The number of thioether (sulfide) groups is 1. The third-order valence-corrected chi connectivity index (χ3v) is 6.86. The van der Waals surface area contributed by atoms with Gasteiger partial charge in [0.25, 0.3) is 6.17 Å². The largest absolute Gasteiger partial charge is 0.423 e. The topological polar surface area (TPSA) is 96.2 Å². The average molecular weight is 564 g/mol. The van der Waals surface area contributed by atoms with Crippen molar-refractivity contribution in [3.05, 3.63) is 98.7 Å². The summed E-state index contributed by atoms with van der Waals surface area (Å²) in [6.07, 6.45) is 1.10. The number of rotatable bonds is 4. The van der Waals surface area contributed by atoms with Gasteiger partial charge in [-0.15, -0.1) is 0 Å². The number of benzene rings is 3. The molecule has 10 heteroatoms. The number of esters is 1. The molecule has 1 atom stereocenters. The molecule has 8 nitrogen and oxygen atoms in total. The van der Waals surface area contributed by atoms with Crippen LogP contribution in [0.15, 0.2) is 87.2 Å². The van der Waals surface area contributed by atoms with Gasteiger partial charge in [0.1, 0.15) is 5.75 Å². The molecular formula is C26H20BrN4O4S+. The van der Waals surface area contributed by atoms with Crippen LogP contribution in [-0.4, -0.2) is 28.2 Å². The summed E-state index contributed by atoms with van der Waals surface area (Å²) in [4.78, 5) is 42.9. The number of nitrogens with zero attached hydrogens (tertiary/aromatic N) is 3. The van der Waals surface area contributed by atoms with E-state index in [-0.39, 0.29) is 11.5 Å². The van der Waals surface area contributed by atoms with E-state index in [4.69, 9.17) is 4.74 Å². The van der Waals surface area contributed by atoms with E-state index < -0.39 is 12.1 Å². The number of ether oxygens (including phenoxy) is 1. The van der Waals surface area contributed by atoms with Crippen LogP contribution in [0.1, 0.15) is 29.0 Å². The molecule has 0 spiro atoms. The predicted molar refractivity (Wildman–Crippen MR) is 139 cm³/mol. The number of nitrogens with one attached hydrogen (secondary N) is 1. The molecule has 0 radical (unpaired) electrons. The number of aromatic nitrogens is 3. The van der Waals surface area contributed by atoms with Gasteiger partial charge in [-0.2, -0.15) is 0 Å². The van der Waals surface area contributed by atoms with Crippen LogP contribution in [0.3, 0.4) is 0 Å². The van der Waals surface area contributed by atoms with Gasteiger partial charge in [0.2, 0.25) is 11.1 Å². The number of H-pyrrole nitrogens is 1. The Kier molecular flexibility index (Phi) is 6.46. The van der Waals surface area contributed by atoms with E-state index in [1.54, 1.807) is 64.2 Å². The lowest BCUT2D eigenvalue weighted by atomic mass is 10.0. The van der Waals surface area contributed by atoms with E-state index in [1.165, 1.54) is 18.7 Å². The SMILES string of the molecule is CSc1n[n+]2c(c(=O)[nH]1)-c1ccccc1N(C(C)=O)C2c1ccc(OC(=O)c2ccc(Br)cc2)cc1. The molecule has 3 aromatic carbocycles. The molecule has 2 heterocycles. The number of hydrogen-bond donors (Lipinski definition) is 1. The summed E-state index contributed by atoms with van der Waals surface area (Å²) in [6.45, 7) is 1.48. The standard InChI is InChI=1S/C26H19BrN4O4S/c1-15(32)30-21-6-4-3-5-20(21)22-23(33)28-26(36-2)29-31(22)24(30)16-9-13-19(14-10-16)35-25(34)17-7-11-18(27)12-8-17/h3-14,24H,1-2H3/p+1. The summed E-state index contributed by atoms with van der Waals surface area (Å²) < 4.78 is 7.97. The first-order valence-electron chi connectivity index (χ1n) is 10.9. The molecule has 1 unspecified atom stereocenters. The van der Waals surface area contributed by atoms with E-state index in [0.29, 0.717) is 39.0 Å². The minimum absolute atomic E-state index is 0.205. The third-order valence-electron chi connectivity index (χ3n) is 5.76. The molecule has 0 bridgehead atoms. The Balaban J connectivity index is 1.57. The molecule has 1 aromatic heterocycles. The molecular weight excluding hydrogens is 544 g/mol. The van der Waals surface area contributed by atoms with Crippen LogP contribution in [0.5, 0.6) is 5.75 Å². The first kappa shape index (κ1) is 24.0. The molecule has 36 heavy (non-hydrogen) atoms. The lowest BCUT2D eigenvalue weighted by molar-refractivity contribution is -0.763. The fraction of sp³-hybridized carbons (Fsp3) is 0.115. The molecule has 180 valence electrons. The monoisotopic (exact) mass is 563 g/mol. The molecule has 1 aliphatic rings. The third kappa shape index (κ3) is 4.33. The van der Waals surface area contributed by atoms with E-state index >= 15 is 0 Å². The molecule has 0 saturated heterocycles. The zero-order valence-corrected chi connectivity index (χ0v) is 21.7. The van der Waals surface area contributed by atoms with Gasteiger partial charge in [0.15, 0.2) is 0 Å². The van der Waals surface area contributed by atoms with Crippen molar-refractivity contribution in [1.29, 1.82) is 0 Å². The van der Waals surface area contributed by atoms with E-state index in [1.807, 2.05) is 24.5 Å². The zero-order chi connectivity index (χ0) is 25.4. The summed E-state index contributed by atoms with van der Waals surface area (Å²) in [5.74, 6) is -0.333. The Hall–Kier alpha value is -3.76. The predicted octanol–water partition coefficient (Wildman–Crippen LogP) is 4.34. The molecule has 1 N–H and O–H groups in total. The van der Waals surface area contributed by atoms with Crippen molar-refractivity contribution >= 4 is 45.3 Å². The van der Waals surface area contributed by atoms with Crippen LogP contribution < -0.4 is 19.9 Å². The minimum atomic E-state index is -0.711. The second kappa shape index (κ2) is 9.71. The van der Waals surface area contributed by atoms with Crippen LogP contribution in [-0.2, 0) is 4.79 Å². The second-order valence-electron chi connectivity index (χ2n) is 8.00. The van der Waals surface area contributed by atoms with Crippen molar-refractivity contribution in [2.75, 3.05) is 11.2 Å². The molecule has 4 aromatic rings. The Morgan fingerprint density at radius 1 is 1.06 bits per heavy atom. The van der Waals surface area contributed by atoms with Crippen LogP contribution >= 0.6 is 27.7 Å². The molecule has 1 aliphatic heterocycles. The highest BCUT2D eigenvalue weighted by molar-refractivity contribution is 9.10. The van der Waals surface area contributed by atoms with Gasteiger partial charge in [0, 0.05) is 22.1 Å². The number of fused-ring (bicyclic) bond motifs is 3. The number of halogens is 1. The number of anilines is 1. The lowest BCUT2D eigenvalue weighted by Crippen LogP contribution is -2.60. The number of carbonyl (C=O) groups excluding carboxylic acids is 2. The van der Waals surface area contributed by atoms with Gasteiger partial charge >= 0.3 is 17.2 Å². The van der Waals surface area contributed by atoms with Gasteiger partial charge < -0.3 is 4.74 Å². The van der Waals surface area contributed by atoms with Gasteiger partial charge in [-0.05, 0) is 71.6 Å². The van der Waals surface area contributed by atoms with Crippen molar-refractivity contribution in [2.45, 2.75) is 18.2 Å². The maximum absolute atomic E-state index is 13.1. The molecule has 5 rings (SSSR count). The normalized spacial score (nSPS) is 14.1. The first-order valence-corrected chi connectivity index (χ1v) is 13.0. The van der Waals surface area contributed by atoms with Gasteiger partial charge in [-0.3, -0.25) is 14.6 Å². The number of amides is 1. The lowest BCUT2D eigenvalue weighted by Gasteiger charge is -2.31. The number of aromatic amines is 1. The smallest absolute Gasteiger partial charge is 0.343 e. The maximum Gasteiger partial charge on any atom is 0.343 e. The molecule has 0 saturated carbocycles. The zero-order valence-electron chi connectivity index (χ0n) is 19.3. The fourth-order valence-corrected chi connectivity index (χ4v) is 4.79. The first-order chi connectivity index (χ1) is 17.4. The number of carbonyl (C=O) groups is 2. The highest BCUT2D eigenvalue weighted by Gasteiger charge is 2.44. The van der Waals surface area contributed by atoms with E-state index in [9.17, 15) is 14.4 Å². The number of para-hydroxylation sites is 1. The molecule has 0 aliphatic carbocycles. The summed E-state index contributed by atoms with van der Waals surface area (Å²) >= 11 is 4.65.